The topological polar surface area (TPSA) is 49.4 Å². The fourth-order valence-corrected chi connectivity index (χ4v) is 5.17. The predicted molar refractivity (Wildman–Crippen MR) is 75.6 cm³/mol. The first-order valence-corrected chi connectivity index (χ1v) is 8.77. The quantitative estimate of drug-likeness (QED) is 0.881. The van der Waals surface area contributed by atoms with Crippen LogP contribution in [0.4, 0.5) is 0 Å². The average Bonchev–Trinajstić information content (AvgIpc) is 2.86. The van der Waals surface area contributed by atoms with Crippen molar-refractivity contribution in [3.8, 4) is 0 Å². The van der Waals surface area contributed by atoms with E-state index in [0.29, 0.717) is 11.5 Å². The van der Waals surface area contributed by atoms with Crippen molar-refractivity contribution >= 4 is 21.2 Å². The van der Waals surface area contributed by atoms with Crippen LogP contribution in [0, 0.1) is 0 Å². The van der Waals surface area contributed by atoms with Crippen LogP contribution in [-0.2, 0) is 22.9 Å². The second kappa shape index (κ2) is 5.69. The first-order chi connectivity index (χ1) is 8.50. The van der Waals surface area contributed by atoms with Crippen LogP contribution in [0.25, 0.3) is 0 Å². The van der Waals surface area contributed by atoms with Crippen LogP contribution in [0.1, 0.15) is 16.2 Å². The molecule has 1 unspecified atom stereocenters. The zero-order valence-electron chi connectivity index (χ0n) is 10.8. The molecule has 1 saturated heterocycles. The lowest BCUT2D eigenvalue weighted by atomic mass is 10.2. The molecule has 2 rings (SSSR count). The summed E-state index contributed by atoms with van der Waals surface area (Å²) in [7, 11) is 1.17. The second-order valence-electron chi connectivity index (χ2n) is 4.87. The maximum atomic E-state index is 11.5. The van der Waals surface area contributed by atoms with Gasteiger partial charge in [0.1, 0.15) is 0 Å². The number of nitrogens with zero attached hydrogens (tertiary/aromatic N) is 1. The van der Waals surface area contributed by atoms with Crippen molar-refractivity contribution in [3.63, 3.8) is 0 Å². The van der Waals surface area contributed by atoms with Crippen LogP contribution < -0.4 is 5.32 Å². The zero-order valence-corrected chi connectivity index (χ0v) is 12.5. The Morgan fingerprint density at radius 2 is 2.17 bits per heavy atom. The van der Waals surface area contributed by atoms with Gasteiger partial charge in [-0.2, -0.15) is 0 Å². The van der Waals surface area contributed by atoms with Crippen molar-refractivity contribution < 1.29 is 8.42 Å². The van der Waals surface area contributed by atoms with Crippen molar-refractivity contribution in [2.24, 2.45) is 0 Å². The molecule has 1 N–H and O–H groups in total. The molecule has 4 nitrogen and oxygen atoms in total. The maximum absolute atomic E-state index is 11.5. The molecule has 1 aliphatic rings. The number of rotatable bonds is 5. The van der Waals surface area contributed by atoms with Crippen molar-refractivity contribution in [1.29, 1.82) is 0 Å². The first kappa shape index (κ1) is 14.0. The largest absolute Gasteiger partial charge is 0.315 e. The van der Waals surface area contributed by atoms with E-state index in [0.717, 1.165) is 19.5 Å². The Morgan fingerprint density at radius 3 is 2.78 bits per heavy atom. The lowest BCUT2D eigenvalue weighted by Crippen LogP contribution is -2.31. The molecule has 1 aromatic heterocycles. The summed E-state index contributed by atoms with van der Waals surface area (Å²) in [5, 5.41) is 3.13. The molecule has 1 aromatic rings. The smallest absolute Gasteiger partial charge is 0.151 e. The van der Waals surface area contributed by atoms with Crippen LogP contribution in [0.3, 0.4) is 0 Å². The zero-order chi connectivity index (χ0) is 13.2. The monoisotopic (exact) mass is 288 g/mol. The highest BCUT2D eigenvalue weighted by molar-refractivity contribution is 7.91. The van der Waals surface area contributed by atoms with Gasteiger partial charge in [0.2, 0.25) is 0 Å². The molecule has 0 spiro atoms. The van der Waals surface area contributed by atoms with Gasteiger partial charge in [0.25, 0.3) is 0 Å². The normalized spacial score (nSPS) is 22.7. The Kier molecular flexibility index (Phi) is 4.42. The minimum Gasteiger partial charge on any atom is -0.315 e. The van der Waals surface area contributed by atoms with Crippen LogP contribution in [-0.4, -0.2) is 45.0 Å². The van der Waals surface area contributed by atoms with Crippen molar-refractivity contribution in [2.45, 2.75) is 25.6 Å². The van der Waals surface area contributed by atoms with E-state index in [1.165, 1.54) is 9.75 Å². The summed E-state index contributed by atoms with van der Waals surface area (Å²) in [5.74, 6) is 0.662. The number of hydrogen-bond donors (Lipinski definition) is 1. The van der Waals surface area contributed by atoms with Gasteiger partial charge in [0.05, 0.1) is 11.5 Å². The third-order valence-corrected chi connectivity index (χ3v) is 6.13. The predicted octanol–water partition coefficient (Wildman–Crippen LogP) is 1.09. The van der Waals surface area contributed by atoms with E-state index in [2.05, 4.69) is 22.3 Å². The van der Waals surface area contributed by atoms with Crippen molar-refractivity contribution in [3.05, 3.63) is 21.9 Å². The van der Waals surface area contributed by atoms with Gasteiger partial charge in [-0.1, -0.05) is 0 Å². The fraction of sp³-hybridized carbons (Fsp3) is 0.667. The molecular formula is C12H20N2O2S2. The molecule has 18 heavy (non-hydrogen) atoms. The van der Waals surface area contributed by atoms with E-state index in [1.54, 1.807) is 11.3 Å². The first-order valence-electron chi connectivity index (χ1n) is 6.13. The number of thiophene rings is 1. The minimum atomic E-state index is -2.78. The van der Waals surface area contributed by atoms with E-state index in [-0.39, 0.29) is 6.04 Å². The number of sulfone groups is 1. The molecule has 1 aliphatic heterocycles. The van der Waals surface area contributed by atoms with Gasteiger partial charge in [0.15, 0.2) is 9.84 Å². The van der Waals surface area contributed by atoms with Crippen molar-refractivity contribution in [1.82, 2.24) is 10.2 Å². The minimum absolute atomic E-state index is 0.185. The van der Waals surface area contributed by atoms with Gasteiger partial charge in [0, 0.05) is 28.9 Å². The SMILES string of the molecule is CNCc1ccc(CN(C)C2CCS(=O)(=O)C2)s1. The third kappa shape index (κ3) is 3.54. The Bertz CT molecular complexity index is 496. The molecule has 1 atom stereocenters. The highest BCUT2D eigenvalue weighted by Gasteiger charge is 2.30. The maximum Gasteiger partial charge on any atom is 0.151 e. The Labute approximate surface area is 113 Å². The molecule has 6 heteroatoms. The summed E-state index contributed by atoms with van der Waals surface area (Å²) in [5.41, 5.74) is 0. The molecule has 2 heterocycles. The Morgan fingerprint density at radius 1 is 1.44 bits per heavy atom. The lowest BCUT2D eigenvalue weighted by molar-refractivity contribution is 0.256. The third-order valence-electron chi connectivity index (χ3n) is 3.31. The molecular weight excluding hydrogens is 268 g/mol. The van der Waals surface area contributed by atoms with E-state index in [1.807, 2.05) is 14.1 Å². The van der Waals surface area contributed by atoms with E-state index in [4.69, 9.17) is 0 Å². The molecule has 1 fully saturated rings. The van der Waals surface area contributed by atoms with Gasteiger partial charge < -0.3 is 5.32 Å². The van der Waals surface area contributed by atoms with Crippen LogP contribution in [0.2, 0.25) is 0 Å². The highest BCUT2D eigenvalue weighted by atomic mass is 32.2. The number of hydrogen-bond acceptors (Lipinski definition) is 5. The molecule has 0 bridgehead atoms. The van der Waals surface area contributed by atoms with Gasteiger partial charge in [-0.25, -0.2) is 8.42 Å². The summed E-state index contributed by atoms with van der Waals surface area (Å²) in [6.45, 7) is 1.74. The second-order valence-corrected chi connectivity index (χ2v) is 8.35. The van der Waals surface area contributed by atoms with Gasteiger partial charge in [-0.05, 0) is 32.6 Å². The Hall–Kier alpha value is -0.430. The number of nitrogens with one attached hydrogen (secondary N) is 1. The van der Waals surface area contributed by atoms with Gasteiger partial charge in [-0.3, -0.25) is 4.90 Å². The average molecular weight is 288 g/mol. The molecule has 0 amide bonds. The lowest BCUT2D eigenvalue weighted by Gasteiger charge is -2.22. The Balaban J connectivity index is 1.92. The molecule has 0 radical (unpaired) electrons. The standard InChI is InChI=1S/C12H20N2O2S2/c1-13-7-11-3-4-12(17-11)8-14(2)10-5-6-18(15,16)9-10/h3-4,10,13H,5-9H2,1-2H3. The molecule has 0 aliphatic carbocycles. The summed E-state index contributed by atoms with van der Waals surface area (Å²) >= 11 is 1.79. The molecule has 102 valence electrons. The summed E-state index contributed by atoms with van der Waals surface area (Å²) in [4.78, 5) is 4.78. The van der Waals surface area contributed by atoms with E-state index in [9.17, 15) is 8.42 Å². The molecule has 0 saturated carbocycles. The van der Waals surface area contributed by atoms with Crippen LogP contribution in [0.5, 0.6) is 0 Å². The summed E-state index contributed by atoms with van der Waals surface area (Å²) < 4.78 is 22.9. The highest BCUT2D eigenvalue weighted by Crippen LogP contribution is 2.22. The fourth-order valence-electron chi connectivity index (χ4n) is 2.27. The van der Waals surface area contributed by atoms with Crippen LogP contribution >= 0.6 is 11.3 Å². The van der Waals surface area contributed by atoms with Gasteiger partial charge >= 0.3 is 0 Å². The van der Waals surface area contributed by atoms with Gasteiger partial charge in [-0.15, -0.1) is 11.3 Å². The van der Waals surface area contributed by atoms with E-state index < -0.39 is 9.84 Å². The van der Waals surface area contributed by atoms with Crippen molar-refractivity contribution in [2.75, 3.05) is 25.6 Å². The van der Waals surface area contributed by atoms with E-state index >= 15 is 0 Å². The summed E-state index contributed by atoms with van der Waals surface area (Å²) in [6, 6.07) is 4.46. The molecule has 0 aromatic carbocycles. The van der Waals surface area contributed by atoms with Crippen LogP contribution in [0.15, 0.2) is 12.1 Å². The summed E-state index contributed by atoms with van der Waals surface area (Å²) in [6.07, 6.45) is 0.771.